The molecule has 1 amide bonds. The Balaban J connectivity index is 1.71. The van der Waals surface area contributed by atoms with Crippen LogP contribution >= 0.6 is 0 Å². The number of aliphatic carboxylic acids is 1. The lowest BCUT2D eigenvalue weighted by Gasteiger charge is -2.27. The van der Waals surface area contributed by atoms with E-state index < -0.39 is 5.97 Å². The molecule has 4 unspecified atom stereocenters. The SMILES string of the molecule is CC1CCCC(CNC(=O)C2CCC(C(=O)O)C2)C1. The van der Waals surface area contributed by atoms with E-state index in [2.05, 4.69) is 12.2 Å². The van der Waals surface area contributed by atoms with Crippen molar-refractivity contribution < 1.29 is 14.7 Å². The number of carbonyl (C=O) groups is 2. The van der Waals surface area contributed by atoms with Crippen LogP contribution < -0.4 is 5.32 Å². The van der Waals surface area contributed by atoms with Gasteiger partial charge >= 0.3 is 5.97 Å². The molecule has 2 rings (SSSR count). The monoisotopic (exact) mass is 267 g/mol. The number of carboxylic acids is 1. The number of hydrogen-bond acceptors (Lipinski definition) is 2. The first-order valence-corrected chi connectivity index (χ1v) is 7.56. The minimum Gasteiger partial charge on any atom is -0.481 e. The van der Waals surface area contributed by atoms with Gasteiger partial charge in [-0.15, -0.1) is 0 Å². The van der Waals surface area contributed by atoms with Gasteiger partial charge in [-0.1, -0.05) is 19.8 Å². The molecule has 0 heterocycles. The van der Waals surface area contributed by atoms with Crippen LogP contribution in [0.5, 0.6) is 0 Å². The summed E-state index contributed by atoms with van der Waals surface area (Å²) in [5.74, 6) is 0.314. The molecule has 2 saturated carbocycles. The molecular weight excluding hydrogens is 242 g/mol. The van der Waals surface area contributed by atoms with E-state index in [0.717, 1.165) is 18.9 Å². The first-order valence-electron chi connectivity index (χ1n) is 7.56. The van der Waals surface area contributed by atoms with Crippen LogP contribution in [0.4, 0.5) is 0 Å². The number of carboxylic acid groups (broad SMARTS) is 1. The van der Waals surface area contributed by atoms with Crippen molar-refractivity contribution in [1.82, 2.24) is 5.32 Å². The zero-order chi connectivity index (χ0) is 13.8. The number of nitrogens with one attached hydrogen (secondary N) is 1. The van der Waals surface area contributed by atoms with E-state index in [0.29, 0.717) is 18.8 Å². The Morgan fingerprint density at radius 2 is 1.84 bits per heavy atom. The third kappa shape index (κ3) is 3.95. The predicted octanol–water partition coefficient (Wildman–Crippen LogP) is 2.43. The van der Waals surface area contributed by atoms with Crippen LogP contribution in [0.1, 0.15) is 51.9 Å². The molecule has 0 radical (unpaired) electrons. The van der Waals surface area contributed by atoms with E-state index in [1.165, 1.54) is 25.7 Å². The maximum Gasteiger partial charge on any atom is 0.306 e. The molecule has 0 spiro atoms. The molecule has 0 bridgehead atoms. The summed E-state index contributed by atoms with van der Waals surface area (Å²) in [4.78, 5) is 22.9. The molecule has 2 fully saturated rings. The average Bonchev–Trinajstić information content (AvgIpc) is 2.86. The van der Waals surface area contributed by atoms with E-state index in [-0.39, 0.29) is 17.7 Å². The second-order valence-electron chi connectivity index (χ2n) is 6.43. The number of hydrogen-bond donors (Lipinski definition) is 2. The highest BCUT2D eigenvalue weighted by Gasteiger charge is 2.34. The van der Waals surface area contributed by atoms with Crippen LogP contribution in [-0.2, 0) is 9.59 Å². The maximum atomic E-state index is 12.0. The Morgan fingerprint density at radius 1 is 1.11 bits per heavy atom. The van der Waals surface area contributed by atoms with Crippen LogP contribution in [0.3, 0.4) is 0 Å². The van der Waals surface area contributed by atoms with Gasteiger partial charge in [0, 0.05) is 12.5 Å². The first-order chi connectivity index (χ1) is 9.06. The number of rotatable bonds is 4. The van der Waals surface area contributed by atoms with Crippen LogP contribution in [0, 0.1) is 23.7 Å². The van der Waals surface area contributed by atoms with Crippen molar-refractivity contribution in [1.29, 1.82) is 0 Å². The Bertz CT molecular complexity index is 342. The van der Waals surface area contributed by atoms with E-state index in [4.69, 9.17) is 5.11 Å². The third-order valence-corrected chi connectivity index (χ3v) is 4.76. The van der Waals surface area contributed by atoms with E-state index in [1.807, 2.05) is 0 Å². The quantitative estimate of drug-likeness (QED) is 0.822. The standard InChI is InChI=1S/C15H25NO3/c1-10-3-2-4-11(7-10)9-16-14(17)12-5-6-13(8-12)15(18)19/h10-13H,2-9H2,1H3,(H,16,17)(H,18,19). The Labute approximate surface area is 115 Å². The van der Waals surface area contributed by atoms with Crippen molar-refractivity contribution >= 4 is 11.9 Å². The van der Waals surface area contributed by atoms with Gasteiger partial charge in [0.1, 0.15) is 0 Å². The van der Waals surface area contributed by atoms with E-state index >= 15 is 0 Å². The third-order valence-electron chi connectivity index (χ3n) is 4.76. The summed E-state index contributed by atoms with van der Waals surface area (Å²) >= 11 is 0. The molecule has 108 valence electrons. The molecule has 0 aromatic rings. The lowest BCUT2D eigenvalue weighted by molar-refractivity contribution is -0.141. The van der Waals surface area contributed by atoms with Gasteiger partial charge < -0.3 is 10.4 Å². The summed E-state index contributed by atoms with van der Waals surface area (Å²) in [6.45, 7) is 3.06. The zero-order valence-corrected chi connectivity index (χ0v) is 11.7. The van der Waals surface area contributed by atoms with Gasteiger partial charge in [0.25, 0.3) is 0 Å². The molecule has 0 aromatic carbocycles. The fourth-order valence-corrected chi connectivity index (χ4v) is 3.58. The van der Waals surface area contributed by atoms with Crippen LogP contribution in [0.2, 0.25) is 0 Å². The van der Waals surface area contributed by atoms with Crippen molar-refractivity contribution in [3.8, 4) is 0 Å². The zero-order valence-electron chi connectivity index (χ0n) is 11.7. The normalized spacial score (nSPS) is 35.0. The molecule has 2 aliphatic carbocycles. The molecule has 2 aliphatic rings. The summed E-state index contributed by atoms with van der Waals surface area (Å²) in [5.41, 5.74) is 0. The number of carbonyl (C=O) groups excluding carboxylic acids is 1. The number of amides is 1. The lowest BCUT2D eigenvalue weighted by Crippen LogP contribution is -2.35. The van der Waals surface area contributed by atoms with Gasteiger partial charge in [0.15, 0.2) is 0 Å². The molecule has 0 saturated heterocycles. The Kier molecular flexibility index (Phi) is 4.83. The van der Waals surface area contributed by atoms with Crippen molar-refractivity contribution in [3.05, 3.63) is 0 Å². The smallest absolute Gasteiger partial charge is 0.306 e. The second kappa shape index (κ2) is 6.40. The highest BCUT2D eigenvalue weighted by molar-refractivity contribution is 5.80. The highest BCUT2D eigenvalue weighted by atomic mass is 16.4. The Morgan fingerprint density at radius 3 is 2.47 bits per heavy atom. The largest absolute Gasteiger partial charge is 0.481 e. The topological polar surface area (TPSA) is 66.4 Å². The first kappa shape index (κ1) is 14.4. The predicted molar refractivity (Wildman–Crippen MR) is 72.6 cm³/mol. The lowest BCUT2D eigenvalue weighted by atomic mass is 9.82. The molecule has 4 heteroatoms. The van der Waals surface area contributed by atoms with Gasteiger partial charge in [-0.05, 0) is 43.9 Å². The molecule has 19 heavy (non-hydrogen) atoms. The van der Waals surface area contributed by atoms with Crippen LogP contribution in [-0.4, -0.2) is 23.5 Å². The van der Waals surface area contributed by atoms with Gasteiger partial charge in [-0.25, -0.2) is 0 Å². The maximum absolute atomic E-state index is 12.0. The summed E-state index contributed by atoms with van der Waals surface area (Å²) in [5, 5.41) is 12.0. The molecule has 4 nitrogen and oxygen atoms in total. The van der Waals surface area contributed by atoms with Crippen molar-refractivity contribution in [3.63, 3.8) is 0 Å². The molecule has 4 atom stereocenters. The fraction of sp³-hybridized carbons (Fsp3) is 0.867. The van der Waals surface area contributed by atoms with E-state index in [1.54, 1.807) is 0 Å². The van der Waals surface area contributed by atoms with Crippen molar-refractivity contribution in [2.24, 2.45) is 23.7 Å². The second-order valence-corrected chi connectivity index (χ2v) is 6.43. The summed E-state index contributed by atoms with van der Waals surface area (Å²) in [6, 6.07) is 0. The molecule has 0 aliphatic heterocycles. The van der Waals surface area contributed by atoms with Crippen LogP contribution in [0.25, 0.3) is 0 Å². The average molecular weight is 267 g/mol. The molecule has 2 N–H and O–H groups in total. The van der Waals surface area contributed by atoms with Gasteiger partial charge in [-0.2, -0.15) is 0 Å². The minimum atomic E-state index is -0.753. The highest BCUT2D eigenvalue weighted by Crippen LogP contribution is 2.32. The summed E-state index contributed by atoms with van der Waals surface area (Å²) in [7, 11) is 0. The summed E-state index contributed by atoms with van der Waals surface area (Å²) in [6.07, 6.45) is 6.90. The van der Waals surface area contributed by atoms with Crippen molar-refractivity contribution in [2.45, 2.75) is 51.9 Å². The van der Waals surface area contributed by atoms with Crippen molar-refractivity contribution in [2.75, 3.05) is 6.54 Å². The van der Waals surface area contributed by atoms with Gasteiger partial charge in [0.2, 0.25) is 5.91 Å². The van der Waals surface area contributed by atoms with Gasteiger partial charge in [0.05, 0.1) is 5.92 Å². The Hall–Kier alpha value is -1.06. The van der Waals surface area contributed by atoms with Crippen LogP contribution in [0.15, 0.2) is 0 Å². The minimum absolute atomic E-state index is 0.0713. The fourth-order valence-electron chi connectivity index (χ4n) is 3.58. The summed E-state index contributed by atoms with van der Waals surface area (Å²) < 4.78 is 0. The van der Waals surface area contributed by atoms with E-state index in [9.17, 15) is 9.59 Å². The van der Waals surface area contributed by atoms with Gasteiger partial charge in [-0.3, -0.25) is 9.59 Å². The molecular formula is C15H25NO3. The molecule has 0 aromatic heterocycles.